The topological polar surface area (TPSA) is 57.7 Å². The van der Waals surface area contributed by atoms with Crippen molar-refractivity contribution in [2.24, 2.45) is 0 Å². The lowest BCUT2D eigenvalue weighted by atomic mass is 10.2. The van der Waals surface area contributed by atoms with Crippen molar-refractivity contribution < 1.29 is 8.78 Å². The first-order valence-corrected chi connectivity index (χ1v) is 5.49. The molecule has 0 N–H and O–H groups in total. The minimum absolute atomic E-state index is 0.142. The van der Waals surface area contributed by atoms with Crippen LogP contribution in [0.25, 0.3) is 0 Å². The van der Waals surface area contributed by atoms with Gasteiger partial charge in [-0.15, -0.1) is 0 Å². The molecule has 0 unspecified atom stereocenters. The van der Waals surface area contributed by atoms with Gasteiger partial charge in [0.05, 0.1) is 12.1 Å². The lowest BCUT2D eigenvalue weighted by molar-refractivity contribution is 0.0670. The molecule has 0 bridgehead atoms. The van der Waals surface area contributed by atoms with Gasteiger partial charge in [-0.25, -0.2) is 9.97 Å². The summed E-state index contributed by atoms with van der Waals surface area (Å²) in [6, 6.07) is 5.29. The van der Waals surface area contributed by atoms with Gasteiger partial charge in [0, 0.05) is 25.6 Å². The quantitative estimate of drug-likeness (QED) is 0.848. The monoisotopic (exact) mass is 263 g/mol. The molecule has 98 valence electrons. The predicted octanol–water partition coefficient (Wildman–Crippen LogP) is 2.18. The highest BCUT2D eigenvalue weighted by Crippen LogP contribution is 2.18. The molecule has 0 saturated heterocycles. The van der Waals surface area contributed by atoms with Gasteiger partial charge in [0.2, 0.25) is 0 Å². The molecule has 2 rings (SSSR count). The van der Waals surface area contributed by atoms with E-state index in [4.69, 9.17) is 5.26 Å². The molecule has 0 saturated carbocycles. The minimum Gasteiger partial charge on any atom is -0.351 e. The summed E-state index contributed by atoms with van der Waals surface area (Å²) in [6.07, 6.45) is 4.09. The Morgan fingerprint density at radius 3 is 2.89 bits per heavy atom. The highest BCUT2D eigenvalue weighted by atomic mass is 19.3. The fourth-order valence-electron chi connectivity index (χ4n) is 1.72. The maximum absolute atomic E-state index is 12.7. The summed E-state index contributed by atoms with van der Waals surface area (Å²) in [5, 5.41) is 8.98. The molecule has 2 aromatic heterocycles. The van der Waals surface area contributed by atoms with Gasteiger partial charge in [-0.2, -0.15) is 14.0 Å². The van der Waals surface area contributed by atoms with Crippen LogP contribution >= 0.6 is 0 Å². The Balaban J connectivity index is 2.24. The Labute approximate surface area is 108 Å². The van der Waals surface area contributed by atoms with Crippen molar-refractivity contribution in [3.63, 3.8) is 0 Å². The molecule has 2 aromatic rings. The van der Waals surface area contributed by atoms with E-state index in [2.05, 4.69) is 9.97 Å². The fourth-order valence-corrected chi connectivity index (χ4v) is 1.72. The number of halogens is 2. The van der Waals surface area contributed by atoms with Gasteiger partial charge >= 0.3 is 6.55 Å². The summed E-state index contributed by atoms with van der Waals surface area (Å²) in [7, 11) is 1.67. The average Bonchev–Trinajstić information content (AvgIpc) is 2.87. The van der Waals surface area contributed by atoms with E-state index < -0.39 is 6.55 Å². The summed E-state index contributed by atoms with van der Waals surface area (Å²) < 4.78 is 26.2. The van der Waals surface area contributed by atoms with Crippen molar-refractivity contribution in [1.29, 1.82) is 5.26 Å². The van der Waals surface area contributed by atoms with E-state index in [1.807, 2.05) is 6.07 Å². The van der Waals surface area contributed by atoms with Crippen LogP contribution in [-0.4, -0.2) is 21.6 Å². The van der Waals surface area contributed by atoms with Gasteiger partial charge in [0.15, 0.2) is 0 Å². The summed E-state index contributed by atoms with van der Waals surface area (Å²) in [6.45, 7) is -2.49. The summed E-state index contributed by atoms with van der Waals surface area (Å²) in [5.74, 6) is 0.654. The van der Waals surface area contributed by atoms with Crippen LogP contribution in [-0.2, 0) is 6.54 Å². The lowest BCUT2D eigenvalue weighted by Gasteiger charge is -2.19. The largest absolute Gasteiger partial charge is 0.351 e. The van der Waals surface area contributed by atoms with Gasteiger partial charge in [-0.3, -0.25) is 4.57 Å². The second-order valence-corrected chi connectivity index (χ2v) is 3.87. The Hall–Kier alpha value is -2.49. The van der Waals surface area contributed by atoms with Crippen molar-refractivity contribution in [3.05, 3.63) is 42.1 Å². The van der Waals surface area contributed by atoms with E-state index in [9.17, 15) is 8.78 Å². The molecule has 0 spiro atoms. The number of alkyl halides is 2. The first-order valence-electron chi connectivity index (χ1n) is 5.49. The van der Waals surface area contributed by atoms with Crippen LogP contribution in [0.3, 0.4) is 0 Å². The van der Waals surface area contributed by atoms with Gasteiger partial charge in [0.1, 0.15) is 17.7 Å². The van der Waals surface area contributed by atoms with Crippen LogP contribution in [0.5, 0.6) is 0 Å². The second kappa shape index (κ2) is 5.44. The van der Waals surface area contributed by atoms with Gasteiger partial charge in [0.25, 0.3) is 0 Å². The maximum Gasteiger partial charge on any atom is 0.319 e. The second-order valence-electron chi connectivity index (χ2n) is 3.87. The number of rotatable bonds is 4. The van der Waals surface area contributed by atoms with Crippen molar-refractivity contribution >= 4 is 5.82 Å². The maximum atomic E-state index is 12.7. The van der Waals surface area contributed by atoms with Gasteiger partial charge < -0.3 is 4.90 Å². The molecule has 0 atom stereocenters. The number of imidazole rings is 1. The van der Waals surface area contributed by atoms with E-state index in [0.29, 0.717) is 11.4 Å². The van der Waals surface area contributed by atoms with E-state index in [-0.39, 0.29) is 12.4 Å². The number of hydrogen-bond donors (Lipinski definition) is 0. The van der Waals surface area contributed by atoms with Crippen molar-refractivity contribution in [1.82, 2.24) is 14.5 Å². The Morgan fingerprint density at radius 1 is 1.42 bits per heavy atom. The summed E-state index contributed by atoms with van der Waals surface area (Å²) in [4.78, 5) is 9.58. The fraction of sp³-hybridized carbons (Fsp3) is 0.250. The van der Waals surface area contributed by atoms with Crippen LogP contribution in [0.15, 0.2) is 30.7 Å². The number of nitriles is 1. The molecule has 0 fully saturated rings. The van der Waals surface area contributed by atoms with Crippen LogP contribution in [0.4, 0.5) is 14.6 Å². The number of pyridine rings is 1. The first kappa shape index (κ1) is 13.0. The van der Waals surface area contributed by atoms with Crippen LogP contribution in [0.1, 0.15) is 17.9 Å². The van der Waals surface area contributed by atoms with Crippen molar-refractivity contribution in [2.75, 3.05) is 11.9 Å². The zero-order valence-corrected chi connectivity index (χ0v) is 10.2. The van der Waals surface area contributed by atoms with E-state index >= 15 is 0 Å². The first-order chi connectivity index (χ1) is 9.13. The molecular formula is C12H11F2N5. The number of anilines is 1. The Kier molecular flexibility index (Phi) is 3.71. The van der Waals surface area contributed by atoms with Crippen LogP contribution in [0, 0.1) is 11.3 Å². The zero-order chi connectivity index (χ0) is 13.8. The third-order valence-corrected chi connectivity index (χ3v) is 2.61. The lowest BCUT2D eigenvalue weighted by Crippen LogP contribution is -2.21. The number of nitrogens with zero attached hydrogens (tertiary/aromatic N) is 5. The van der Waals surface area contributed by atoms with Crippen molar-refractivity contribution in [2.45, 2.75) is 13.1 Å². The van der Waals surface area contributed by atoms with Gasteiger partial charge in [-0.1, -0.05) is 0 Å². The molecule has 0 aromatic carbocycles. The van der Waals surface area contributed by atoms with Crippen molar-refractivity contribution in [3.8, 4) is 6.07 Å². The van der Waals surface area contributed by atoms with Gasteiger partial charge in [-0.05, 0) is 12.1 Å². The SMILES string of the molecule is CN(Cc1nccn1C(F)F)c1ncccc1C#N. The Morgan fingerprint density at radius 2 is 2.21 bits per heavy atom. The summed E-state index contributed by atoms with van der Waals surface area (Å²) >= 11 is 0. The normalized spacial score (nSPS) is 10.5. The average molecular weight is 263 g/mol. The highest BCUT2D eigenvalue weighted by molar-refractivity contribution is 5.52. The molecule has 0 aliphatic heterocycles. The molecule has 19 heavy (non-hydrogen) atoms. The third kappa shape index (κ3) is 2.68. The van der Waals surface area contributed by atoms with E-state index in [1.165, 1.54) is 12.4 Å². The molecular weight excluding hydrogens is 252 g/mol. The number of aromatic nitrogens is 3. The summed E-state index contributed by atoms with van der Waals surface area (Å²) in [5.41, 5.74) is 0.389. The smallest absolute Gasteiger partial charge is 0.319 e. The number of hydrogen-bond acceptors (Lipinski definition) is 4. The molecule has 5 nitrogen and oxygen atoms in total. The Bertz CT molecular complexity index is 602. The third-order valence-electron chi connectivity index (χ3n) is 2.61. The molecule has 0 radical (unpaired) electrons. The van der Waals surface area contributed by atoms with E-state index in [1.54, 1.807) is 30.3 Å². The predicted molar refractivity (Wildman–Crippen MR) is 64.5 cm³/mol. The molecule has 0 aliphatic rings. The standard InChI is InChI=1S/C12H11F2N5/c1-18(11-9(7-15)3-2-4-17-11)8-10-16-5-6-19(10)12(13)14/h2-6,12H,8H2,1H3. The molecule has 7 heteroatoms. The minimum atomic E-state index is -2.63. The molecule has 2 heterocycles. The van der Waals surface area contributed by atoms with Crippen LogP contribution < -0.4 is 4.90 Å². The van der Waals surface area contributed by atoms with E-state index in [0.717, 1.165) is 4.57 Å². The highest BCUT2D eigenvalue weighted by Gasteiger charge is 2.15. The molecule has 0 amide bonds. The zero-order valence-electron chi connectivity index (χ0n) is 10.2. The molecule has 0 aliphatic carbocycles. The van der Waals surface area contributed by atoms with Crippen LogP contribution in [0.2, 0.25) is 0 Å².